The molecule has 2 fully saturated rings. The second-order valence-corrected chi connectivity index (χ2v) is 15.4. The van der Waals surface area contributed by atoms with Crippen molar-refractivity contribution in [3.05, 3.63) is 0 Å². The first kappa shape index (κ1) is 192. The second-order valence-electron chi connectivity index (χ2n) is 15.4. The van der Waals surface area contributed by atoms with Crippen molar-refractivity contribution in [3.8, 4) is 0 Å². The highest BCUT2D eigenvalue weighted by atomic mass is 16.4. The molecular formula is C66H190N12O18. The summed E-state index contributed by atoms with van der Waals surface area (Å²) in [7, 11) is 11.0. The molecule has 622 valence electrons. The van der Waals surface area contributed by atoms with Gasteiger partial charge in [-0.25, -0.2) is 0 Å². The first-order valence-corrected chi connectivity index (χ1v) is 30.6. The molecule has 0 bridgehead atoms. The van der Waals surface area contributed by atoms with Gasteiger partial charge in [0.25, 0.3) is 0 Å². The zero-order chi connectivity index (χ0) is 68.1. The summed E-state index contributed by atoms with van der Waals surface area (Å²) in [5, 5.41) is 66.0. The van der Waals surface area contributed by atoms with Crippen LogP contribution in [0.15, 0.2) is 0 Å². The number of nitrogens with two attached hydrogens (primary N) is 6. The standard InChI is InChI=1S/2C6H10O2.4C6H12O2.C3H10N2.4C2H8N2.5C2H6.CH6N2.8CH4.6H2O/c2*7-6(8)5-3-1-2-4-5;4*1-2-3-4-5-6(7)8;1-4-3-5-2;4*1-4-2-3;5*1-2;2-1-3;;;;;;;;;;;;;;/h2*5H,1-4H2,(H,7,8);4*2-5H2,1H3,(H,7,8);4-5H,3H2,1-2H3;4*4H,2-3H2,1H3;5*1-2H3;1-3H2;8*1H4;6*1H2. The molecule has 0 saturated heterocycles. The first-order valence-electron chi connectivity index (χ1n) is 30.6. The minimum atomic E-state index is -0.682. The number of hydrogen-bond acceptors (Lipinski definition) is 18. The summed E-state index contributed by atoms with van der Waals surface area (Å²) in [5.74, 6) is -3.98. The van der Waals surface area contributed by atoms with Crippen molar-refractivity contribution >= 4 is 35.8 Å². The van der Waals surface area contributed by atoms with Crippen molar-refractivity contribution in [2.24, 2.45) is 46.2 Å². The molecule has 0 amide bonds. The predicted molar refractivity (Wildman–Crippen MR) is 427 cm³/mol. The van der Waals surface area contributed by atoms with Gasteiger partial charge in [-0.3, -0.25) is 28.8 Å². The highest BCUT2D eigenvalue weighted by Gasteiger charge is 2.21. The van der Waals surface area contributed by atoms with Crippen LogP contribution in [0.5, 0.6) is 0 Å². The lowest BCUT2D eigenvalue weighted by atomic mass is 10.1. The Morgan fingerprint density at radius 3 is 0.479 bits per heavy atom. The summed E-state index contributed by atoms with van der Waals surface area (Å²) in [6.45, 7) is 31.6. The lowest BCUT2D eigenvalue weighted by Crippen LogP contribution is -2.21. The van der Waals surface area contributed by atoms with Gasteiger partial charge in [0.05, 0.1) is 11.8 Å². The molecule has 0 unspecified atom stereocenters. The Hall–Kier alpha value is -3.90. The van der Waals surface area contributed by atoms with Crippen LogP contribution in [0.2, 0.25) is 0 Å². The maximum absolute atomic E-state index is 10.2. The zero-order valence-electron chi connectivity index (χ0n) is 60.0. The van der Waals surface area contributed by atoms with E-state index < -0.39 is 35.8 Å². The fraction of sp³-hybridized carbons (Fsp3) is 0.909. The molecule has 0 aromatic heterocycles. The average Bonchev–Trinajstić information content (AvgIpc) is 4.25. The van der Waals surface area contributed by atoms with Gasteiger partial charge in [-0.1, -0.05) is 233 Å². The fourth-order valence-electron chi connectivity index (χ4n) is 4.63. The Morgan fingerprint density at radius 2 is 0.427 bits per heavy atom. The van der Waals surface area contributed by atoms with Crippen molar-refractivity contribution in [3.63, 3.8) is 0 Å². The van der Waals surface area contributed by atoms with E-state index in [1.165, 1.54) is 0 Å². The lowest BCUT2D eigenvalue weighted by molar-refractivity contribution is -0.142. The molecule has 2 saturated carbocycles. The number of aliphatic carboxylic acids is 6. The largest absolute Gasteiger partial charge is 0.481 e. The number of rotatable bonds is 24. The molecule has 0 aromatic rings. The second kappa shape index (κ2) is 235. The molecule has 0 spiro atoms. The van der Waals surface area contributed by atoms with Crippen LogP contribution in [0.3, 0.4) is 0 Å². The smallest absolute Gasteiger partial charge is 0.306 e. The highest BCUT2D eigenvalue weighted by molar-refractivity contribution is 5.70. The highest BCUT2D eigenvalue weighted by Crippen LogP contribution is 2.25. The Labute approximate surface area is 597 Å². The van der Waals surface area contributed by atoms with Gasteiger partial charge in [-0.15, -0.1) is 0 Å². The number of carbonyl (C=O) groups is 6. The third-order valence-corrected chi connectivity index (χ3v) is 8.56. The minimum Gasteiger partial charge on any atom is -0.481 e. The molecule has 0 aliphatic heterocycles. The zero-order valence-corrected chi connectivity index (χ0v) is 60.0. The van der Waals surface area contributed by atoms with Gasteiger partial charge in [0.1, 0.15) is 0 Å². The van der Waals surface area contributed by atoms with E-state index in [4.69, 9.17) is 53.6 Å². The van der Waals surface area contributed by atoms with Crippen LogP contribution in [-0.2, 0) is 28.8 Å². The molecule has 30 nitrogen and oxygen atoms in total. The Balaban J connectivity index is -0.0000000186. The topological polar surface area (TPSA) is 641 Å². The maximum atomic E-state index is 10.2. The third kappa shape index (κ3) is 368. The summed E-state index contributed by atoms with van der Waals surface area (Å²) in [4.78, 5) is 59.9. The number of nitrogens with one attached hydrogen (secondary N) is 6. The van der Waals surface area contributed by atoms with E-state index in [9.17, 15) is 28.8 Å². The summed E-state index contributed by atoms with van der Waals surface area (Å²) in [5.41, 5.74) is 28.9. The van der Waals surface area contributed by atoms with Gasteiger partial charge in [0.2, 0.25) is 0 Å². The van der Waals surface area contributed by atoms with Gasteiger partial charge in [0.15, 0.2) is 0 Å². The number of unbranched alkanes of at least 4 members (excludes halogenated alkanes) is 8. The van der Waals surface area contributed by atoms with Crippen LogP contribution < -0.4 is 66.3 Å². The average molecular weight is 1440 g/mol. The molecule has 0 heterocycles. The molecule has 30 heteroatoms. The quantitative estimate of drug-likeness (QED) is 0.0316. The summed E-state index contributed by atoms with van der Waals surface area (Å²) >= 11 is 0. The van der Waals surface area contributed by atoms with E-state index in [-0.39, 0.29) is 111 Å². The van der Waals surface area contributed by atoms with Crippen molar-refractivity contribution in [1.29, 1.82) is 0 Å². The molecule has 96 heavy (non-hydrogen) atoms. The van der Waals surface area contributed by atoms with E-state index in [1.807, 2.05) is 83.3 Å². The molecule has 2 aliphatic rings. The van der Waals surface area contributed by atoms with Gasteiger partial charge >= 0.3 is 35.8 Å². The number of hydrogen-bond donors (Lipinski definition) is 18. The van der Waals surface area contributed by atoms with Crippen LogP contribution in [0, 0.1) is 11.8 Å². The van der Waals surface area contributed by atoms with Crippen molar-refractivity contribution < 1.29 is 92.3 Å². The van der Waals surface area contributed by atoms with Crippen LogP contribution >= 0.6 is 0 Å². The van der Waals surface area contributed by atoms with Crippen LogP contribution in [0.4, 0.5) is 0 Å². The van der Waals surface area contributed by atoms with E-state index in [1.54, 1.807) is 28.2 Å². The molecule has 2 aliphatic carbocycles. The van der Waals surface area contributed by atoms with Gasteiger partial charge in [-0.05, 0) is 93.7 Å². The van der Waals surface area contributed by atoms with Crippen molar-refractivity contribution in [2.75, 3.05) is 82.3 Å². The molecule has 36 N–H and O–H groups in total. The SMILES string of the molecule is C.C.C.C.C.C.C.C.CC.CC.CC.CC.CC.CCCCCC(=O)O.CCCCCC(=O)O.CCCCCC(=O)O.CCCCCC(=O)O.CNCN.CNCN.CNCN.CNCN.CNCNC.NCN.O.O.O.O.O.O.O=C(O)C1CCCC1.O=C(O)C1CCCC1. The molecule has 2 rings (SSSR count). The lowest BCUT2D eigenvalue weighted by Gasteiger charge is -1.97. The van der Waals surface area contributed by atoms with Gasteiger partial charge in [-0.2, -0.15) is 0 Å². The molecule has 0 radical (unpaired) electrons. The summed E-state index contributed by atoms with van der Waals surface area (Å²) < 4.78 is 0. The Bertz CT molecular complexity index is 928. The predicted octanol–water partition coefficient (Wildman–Crippen LogP) is 9.13. The third-order valence-electron chi connectivity index (χ3n) is 8.56. The van der Waals surface area contributed by atoms with Crippen molar-refractivity contribution in [1.82, 2.24) is 31.9 Å². The van der Waals surface area contributed by atoms with Gasteiger partial charge in [0, 0.05) is 65.7 Å². The van der Waals surface area contributed by atoms with E-state index >= 15 is 0 Å². The summed E-state index contributed by atoms with van der Waals surface area (Å²) in [6.07, 6.45) is 21.1. The van der Waals surface area contributed by atoms with E-state index in [0.29, 0.717) is 52.4 Å². The molecule has 0 atom stereocenters. The van der Waals surface area contributed by atoms with Crippen LogP contribution in [0.1, 0.15) is 310 Å². The fourth-order valence-corrected chi connectivity index (χ4v) is 4.63. The first-order chi connectivity index (χ1) is 39.2. The number of carboxylic acid groups (broad SMARTS) is 6. The number of carboxylic acids is 6. The summed E-state index contributed by atoms with van der Waals surface area (Å²) in [6, 6.07) is 0. The normalized spacial score (nSPS) is 8.81. The molecular weight excluding hydrogens is 1250 g/mol. The molecule has 0 aromatic carbocycles. The van der Waals surface area contributed by atoms with Crippen LogP contribution in [0.25, 0.3) is 0 Å². The van der Waals surface area contributed by atoms with Crippen molar-refractivity contribution in [2.45, 2.75) is 310 Å². The Morgan fingerprint density at radius 1 is 0.302 bits per heavy atom. The minimum absolute atomic E-state index is 0. The van der Waals surface area contributed by atoms with Crippen LogP contribution in [-0.4, -0.2) is 182 Å². The maximum Gasteiger partial charge on any atom is 0.306 e. The van der Waals surface area contributed by atoms with E-state index in [2.05, 4.69) is 71.1 Å². The Kier molecular flexibility index (Phi) is 470. The monoisotopic (exact) mass is 1440 g/mol. The van der Waals surface area contributed by atoms with E-state index in [0.717, 1.165) is 135 Å². The van der Waals surface area contributed by atoms with Gasteiger partial charge < -0.3 is 130 Å².